The molecule has 1 rings (SSSR count). The number of nitrogens with two attached hydrogens (primary N) is 1. The molecule has 0 radical (unpaired) electrons. The van der Waals surface area contributed by atoms with Crippen molar-refractivity contribution in [2.75, 3.05) is 6.61 Å². The van der Waals surface area contributed by atoms with Crippen molar-refractivity contribution in [1.82, 2.24) is 0 Å². The molecule has 10 heteroatoms. The van der Waals surface area contributed by atoms with E-state index in [1.54, 1.807) is 19.9 Å². The van der Waals surface area contributed by atoms with Crippen LogP contribution in [-0.4, -0.2) is 47.9 Å². The highest BCUT2D eigenvalue weighted by atomic mass is 16.7. The summed E-state index contributed by atoms with van der Waals surface area (Å²) in [4.78, 5) is 48.2. The third-order valence-electron chi connectivity index (χ3n) is 5.50. The van der Waals surface area contributed by atoms with Gasteiger partial charge in [-0.25, -0.2) is 4.79 Å². The smallest absolute Gasteiger partial charge is 0.480 e. The summed E-state index contributed by atoms with van der Waals surface area (Å²) in [6.45, 7) is 10.9. The third-order valence-corrected chi connectivity index (χ3v) is 5.50. The van der Waals surface area contributed by atoms with Gasteiger partial charge in [0.25, 0.3) is 0 Å². The fourth-order valence-corrected chi connectivity index (χ4v) is 3.46. The van der Waals surface area contributed by atoms with Gasteiger partial charge in [-0.05, 0) is 43.4 Å². The number of carboxylic acid groups (broad SMARTS) is 1. The lowest BCUT2D eigenvalue weighted by molar-refractivity contribution is -0.140. The first kappa shape index (κ1) is 30.9. The molecule has 3 unspecified atom stereocenters. The summed E-state index contributed by atoms with van der Waals surface area (Å²) >= 11 is 0. The fraction of sp³-hybridized carbons (Fsp3) is 0.615. The highest BCUT2D eigenvalue weighted by molar-refractivity contribution is 5.77. The zero-order valence-corrected chi connectivity index (χ0v) is 21.9. The molecule has 4 atom stereocenters. The molecular formula is C26H39NO9. The Bertz CT molecular complexity index is 899. The highest BCUT2D eigenvalue weighted by Gasteiger charge is 2.36. The zero-order chi connectivity index (χ0) is 27.4. The molecule has 3 N–H and O–H groups in total. The Balaban J connectivity index is 3.35. The van der Waals surface area contributed by atoms with Crippen LogP contribution in [0.1, 0.15) is 78.7 Å². The first-order chi connectivity index (χ1) is 16.9. The third kappa shape index (κ3) is 9.85. The normalized spacial score (nSPS) is 14.3. The van der Waals surface area contributed by atoms with Crippen LogP contribution in [0.25, 0.3) is 0 Å². The fourth-order valence-electron chi connectivity index (χ4n) is 3.46. The van der Waals surface area contributed by atoms with Crippen molar-refractivity contribution in [2.24, 2.45) is 17.6 Å². The maximum Gasteiger partial charge on any atom is 0.508 e. The number of benzene rings is 1. The van der Waals surface area contributed by atoms with Crippen molar-refractivity contribution in [2.45, 2.75) is 85.3 Å². The minimum Gasteiger partial charge on any atom is -0.480 e. The topological polar surface area (TPSA) is 151 Å². The van der Waals surface area contributed by atoms with E-state index >= 15 is 0 Å². The number of carbonyl (C=O) groups excluding carboxylic acids is 3. The Kier molecular flexibility index (Phi) is 12.9. The van der Waals surface area contributed by atoms with Gasteiger partial charge in [-0.1, -0.05) is 40.7 Å². The molecule has 0 spiro atoms. The van der Waals surface area contributed by atoms with Gasteiger partial charge in [0, 0.05) is 24.7 Å². The number of carboxylic acids is 1. The number of carbonyl (C=O) groups is 4. The second-order valence-electron chi connectivity index (χ2n) is 9.18. The van der Waals surface area contributed by atoms with Crippen molar-refractivity contribution in [1.29, 1.82) is 0 Å². The summed E-state index contributed by atoms with van der Waals surface area (Å²) in [6, 6.07) is 3.06. The maximum atomic E-state index is 12.2. The second kappa shape index (κ2) is 15.1. The average Bonchev–Trinajstić information content (AvgIpc) is 2.79. The minimum atomic E-state index is -1.37. The van der Waals surface area contributed by atoms with Crippen LogP contribution in [0.2, 0.25) is 0 Å². The largest absolute Gasteiger partial charge is 0.508 e. The summed E-state index contributed by atoms with van der Waals surface area (Å²) in [5, 5.41) is 9.68. The van der Waals surface area contributed by atoms with Crippen molar-refractivity contribution >= 4 is 24.1 Å². The molecule has 0 aliphatic heterocycles. The molecule has 0 aliphatic carbocycles. The Morgan fingerprint density at radius 3 is 1.97 bits per heavy atom. The lowest BCUT2D eigenvalue weighted by Crippen LogP contribution is -2.42. The summed E-state index contributed by atoms with van der Waals surface area (Å²) in [5.74, 6) is -3.56. The van der Waals surface area contributed by atoms with Crippen LogP contribution in [0.5, 0.6) is 11.5 Å². The summed E-state index contributed by atoms with van der Waals surface area (Å²) in [7, 11) is 0. The van der Waals surface area contributed by atoms with Gasteiger partial charge in [0.2, 0.25) is 0 Å². The van der Waals surface area contributed by atoms with Gasteiger partial charge in [-0.15, -0.1) is 0 Å². The Labute approximate surface area is 212 Å². The zero-order valence-electron chi connectivity index (χ0n) is 21.9. The van der Waals surface area contributed by atoms with E-state index in [0.29, 0.717) is 18.4 Å². The molecule has 0 fully saturated rings. The minimum absolute atomic E-state index is 0.0184. The molecule has 36 heavy (non-hydrogen) atoms. The quantitative estimate of drug-likeness (QED) is 0.272. The van der Waals surface area contributed by atoms with Crippen LogP contribution in [-0.2, 0) is 23.9 Å². The second-order valence-corrected chi connectivity index (χ2v) is 9.18. The van der Waals surface area contributed by atoms with Gasteiger partial charge < -0.3 is 29.8 Å². The summed E-state index contributed by atoms with van der Waals surface area (Å²) < 4.78 is 21.2. The van der Waals surface area contributed by atoms with Crippen LogP contribution >= 0.6 is 0 Å². The molecule has 0 heterocycles. The van der Waals surface area contributed by atoms with Crippen LogP contribution < -0.4 is 15.2 Å². The molecule has 1 aromatic rings. The molecule has 0 aromatic heterocycles. The predicted molar refractivity (Wildman–Crippen MR) is 132 cm³/mol. The Morgan fingerprint density at radius 2 is 1.47 bits per heavy atom. The number of hydrogen-bond acceptors (Lipinski definition) is 9. The van der Waals surface area contributed by atoms with Crippen molar-refractivity contribution in [3.05, 3.63) is 23.8 Å². The molecule has 0 bridgehead atoms. The maximum absolute atomic E-state index is 12.2. The number of rotatable bonds is 14. The molecule has 0 amide bonds. The standard InChI is InChI=1S/C26H39NO9/c1-7-9-21(28)35-19-12-11-18(13-20(19)36-22(29)10-8-2)23(24(27)25(30)31)16(5)17(6)34-26(32)33-14-15(3)4/h11-13,15-17,23-24H,7-10,14,27H2,1-6H3,(H,30,31)/t16?,17?,23?,24-/m0/s1. The predicted octanol–water partition coefficient (Wildman–Crippen LogP) is 4.43. The van der Waals surface area contributed by atoms with E-state index in [1.807, 2.05) is 27.7 Å². The van der Waals surface area contributed by atoms with Crippen molar-refractivity contribution in [3.8, 4) is 11.5 Å². The first-order valence-corrected chi connectivity index (χ1v) is 12.3. The molecule has 1 aromatic carbocycles. The van der Waals surface area contributed by atoms with E-state index in [2.05, 4.69) is 0 Å². The SMILES string of the molecule is CCCC(=O)Oc1ccc(C(C(C)C(C)OC(=O)OCC(C)C)[C@H](N)C(=O)O)cc1OC(=O)CCC. The van der Waals surface area contributed by atoms with Crippen LogP contribution in [0.4, 0.5) is 4.79 Å². The highest BCUT2D eigenvalue weighted by Crippen LogP contribution is 2.37. The van der Waals surface area contributed by atoms with E-state index in [-0.39, 0.29) is 36.9 Å². The average molecular weight is 510 g/mol. The summed E-state index contributed by atoms with van der Waals surface area (Å²) in [5.41, 5.74) is 6.47. The molecule has 202 valence electrons. The van der Waals surface area contributed by atoms with Crippen LogP contribution in [0, 0.1) is 11.8 Å². The number of ether oxygens (including phenoxy) is 4. The van der Waals surface area contributed by atoms with Crippen LogP contribution in [0.3, 0.4) is 0 Å². The van der Waals surface area contributed by atoms with E-state index in [0.717, 1.165) is 0 Å². The molecule has 10 nitrogen and oxygen atoms in total. The molecule has 0 saturated heterocycles. The number of esters is 2. The van der Waals surface area contributed by atoms with Gasteiger partial charge in [-0.3, -0.25) is 14.4 Å². The molecule has 0 saturated carbocycles. The van der Waals surface area contributed by atoms with Crippen molar-refractivity contribution in [3.63, 3.8) is 0 Å². The van der Waals surface area contributed by atoms with Gasteiger partial charge in [0.05, 0.1) is 6.61 Å². The van der Waals surface area contributed by atoms with Crippen LogP contribution in [0.15, 0.2) is 18.2 Å². The van der Waals surface area contributed by atoms with Gasteiger partial charge in [0.1, 0.15) is 12.1 Å². The van der Waals surface area contributed by atoms with E-state index < -0.39 is 48.0 Å². The monoisotopic (exact) mass is 509 g/mol. The van der Waals surface area contributed by atoms with E-state index in [4.69, 9.17) is 24.7 Å². The Hall–Kier alpha value is -3.14. The van der Waals surface area contributed by atoms with E-state index in [9.17, 15) is 24.3 Å². The van der Waals surface area contributed by atoms with Crippen molar-refractivity contribution < 1.29 is 43.2 Å². The van der Waals surface area contributed by atoms with Gasteiger partial charge in [-0.2, -0.15) is 0 Å². The molecular weight excluding hydrogens is 470 g/mol. The lowest BCUT2D eigenvalue weighted by Gasteiger charge is -2.31. The van der Waals surface area contributed by atoms with Gasteiger partial charge >= 0.3 is 24.1 Å². The number of hydrogen-bond donors (Lipinski definition) is 2. The lowest BCUT2D eigenvalue weighted by atomic mass is 9.79. The Morgan fingerprint density at radius 1 is 0.917 bits per heavy atom. The summed E-state index contributed by atoms with van der Waals surface area (Å²) in [6.07, 6.45) is -0.174. The number of aliphatic carboxylic acids is 1. The molecule has 0 aliphatic rings. The first-order valence-electron chi connectivity index (χ1n) is 12.3. The van der Waals surface area contributed by atoms with Gasteiger partial charge in [0.15, 0.2) is 11.5 Å². The van der Waals surface area contributed by atoms with E-state index in [1.165, 1.54) is 12.1 Å².